The molecule has 4 saturated carbocycles. The first-order valence-electron chi connectivity index (χ1n) is 5.01. The van der Waals surface area contributed by atoms with Gasteiger partial charge in [0.1, 0.15) is 11.3 Å². The molecule has 0 spiro atoms. The second-order valence-electron chi connectivity index (χ2n) is 5.53. The quantitative estimate of drug-likeness (QED) is 0.617. The maximum Gasteiger partial charge on any atom is 0.117 e. The van der Waals surface area contributed by atoms with Gasteiger partial charge in [-0.25, -0.2) is 8.78 Å². The predicted molar refractivity (Wildman–Crippen MR) is 43.8 cm³/mol. The highest BCUT2D eigenvalue weighted by Crippen LogP contribution is 2.61. The largest absolute Gasteiger partial charge is 0.390 e. The minimum atomic E-state index is -1.40. The Morgan fingerprint density at radius 3 is 1.85 bits per heavy atom. The number of rotatable bonds is 0. The number of alkyl halides is 2. The zero-order valence-electron chi connectivity index (χ0n) is 7.52. The molecule has 0 aliphatic heterocycles. The van der Waals surface area contributed by atoms with E-state index < -0.39 is 16.9 Å². The Balaban J connectivity index is 2.03. The van der Waals surface area contributed by atoms with E-state index in [1.54, 1.807) is 0 Å². The molecule has 4 bridgehead atoms. The highest BCUT2D eigenvalue weighted by atomic mass is 19.2. The van der Waals surface area contributed by atoms with Crippen LogP contribution in [0.4, 0.5) is 8.78 Å². The standard InChI is InChI=1S/C10H14F2O/c11-8-1-7-2-9(12,4-8)6-10(13,3-7)5-8/h7,13H,1-6H2. The van der Waals surface area contributed by atoms with Crippen molar-refractivity contribution in [3.05, 3.63) is 0 Å². The highest BCUT2D eigenvalue weighted by molar-refractivity contribution is 5.15. The van der Waals surface area contributed by atoms with E-state index in [2.05, 4.69) is 0 Å². The predicted octanol–water partition coefficient (Wildman–Crippen LogP) is 2.13. The van der Waals surface area contributed by atoms with Gasteiger partial charge < -0.3 is 5.11 Å². The Labute approximate surface area is 76.1 Å². The van der Waals surface area contributed by atoms with Crippen molar-refractivity contribution >= 4 is 0 Å². The van der Waals surface area contributed by atoms with Crippen molar-refractivity contribution in [3.8, 4) is 0 Å². The van der Waals surface area contributed by atoms with E-state index in [0.29, 0.717) is 19.3 Å². The fourth-order valence-corrected chi connectivity index (χ4v) is 4.16. The topological polar surface area (TPSA) is 20.2 Å². The Morgan fingerprint density at radius 2 is 1.46 bits per heavy atom. The van der Waals surface area contributed by atoms with E-state index in [-0.39, 0.29) is 25.2 Å². The van der Waals surface area contributed by atoms with Gasteiger partial charge in [-0.2, -0.15) is 0 Å². The summed E-state index contributed by atoms with van der Waals surface area (Å²) in [4.78, 5) is 0. The molecule has 0 heterocycles. The van der Waals surface area contributed by atoms with Gasteiger partial charge in [0.25, 0.3) is 0 Å². The third-order valence-corrected chi connectivity index (χ3v) is 3.90. The average molecular weight is 188 g/mol. The smallest absolute Gasteiger partial charge is 0.117 e. The molecular formula is C10H14F2O. The van der Waals surface area contributed by atoms with Gasteiger partial charge in [0.15, 0.2) is 0 Å². The average Bonchev–Trinajstić information content (AvgIpc) is 1.71. The van der Waals surface area contributed by atoms with Crippen LogP contribution in [0.25, 0.3) is 0 Å². The minimum absolute atomic E-state index is 0.0266. The third-order valence-electron chi connectivity index (χ3n) is 3.90. The van der Waals surface area contributed by atoms with Gasteiger partial charge in [-0.15, -0.1) is 0 Å². The molecule has 0 saturated heterocycles. The molecule has 4 rings (SSSR count). The molecular weight excluding hydrogens is 174 g/mol. The van der Waals surface area contributed by atoms with Crippen LogP contribution in [0.5, 0.6) is 0 Å². The maximum atomic E-state index is 14.0. The van der Waals surface area contributed by atoms with E-state index >= 15 is 0 Å². The lowest BCUT2D eigenvalue weighted by Gasteiger charge is -2.59. The molecule has 4 aliphatic rings. The fraction of sp³-hybridized carbons (Fsp3) is 1.00. The lowest BCUT2D eigenvalue weighted by molar-refractivity contribution is -0.209. The summed E-state index contributed by atoms with van der Waals surface area (Å²) in [6.07, 6.45) is 1.93. The van der Waals surface area contributed by atoms with Crippen LogP contribution < -0.4 is 0 Å². The molecule has 4 fully saturated rings. The molecule has 0 radical (unpaired) electrons. The van der Waals surface area contributed by atoms with E-state index in [9.17, 15) is 13.9 Å². The van der Waals surface area contributed by atoms with Crippen molar-refractivity contribution in [2.75, 3.05) is 0 Å². The third kappa shape index (κ3) is 1.06. The van der Waals surface area contributed by atoms with Gasteiger partial charge in [-0.1, -0.05) is 0 Å². The summed E-state index contributed by atoms with van der Waals surface area (Å²) in [5.41, 5.74) is -3.82. The van der Waals surface area contributed by atoms with Crippen LogP contribution >= 0.6 is 0 Å². The summed E-state index contributed by atoms with van der Waals surface area (Å²) in [7, 11) is 0. The lowest BCUT2D eigenvalue weighted by Crippen LogP contribution is -2.62. The zero-order valence-corrected chi connectivity index (χ0v) is 7.52. The molecule has 0 aromatic rings. The first-order valence-corrected chi connectivity index (χ1v) is 5.01. The van der Waals surface area contributed by atoms with Crippen LogP contribution in [0.2, 0.25) is 0 Å². The van der Waals surface area contributed by atoms with Gasteiger partial charge in [0.2, 0.25) is 0 Å². The van der Waals surface area contributed by atoms with E-state index in [4.69, 9.17) is 0 Å². The lowest BCUT2D eigenvalue weighted by atomic mass is 9.52. The Kier molecular flexibility index (Phi) is 1.21. The molecule has 0 amide bonds. The number of hydrogen-bond donors (Lipinski definition) is 1. The molecule has 1 nitrogen and oxygen atoms in total. The van der Waals surface area contributed by atoms with E-state index in [1.807, 2.05) is 0 Å². The van der Waals surface area contributed by atoms with Crippen molar-refractivity contribution in [2.45, 2.75) is 55.5 Å². The maximum absolute atomic E-state index is 14.0. The van der Waals surface area contributed by atoms with Gasteiger partial charge in [0.05, 0.1) is 5.60 Å². The first kappa shape index (κ1) is 8.16. The summed E-state index contributed by atoms with van der Waals surface area (Å²) < 4.78 is 27.9. The second-order valence-corrected chi connectivity index (χ2v) is 5.53. The molecule has 2 unspecified atom stereocenters. The normalized spacial score (nSPS) is 64.4. The summed E-state index contributed by atoms with van der Waals surface area (Å²) in [5.74, 6) is 0.0799. The Bertz CT molecular complexity index is 215. The Hall–Kier alpha value is -0.180. The van der Waals surface area contributed by atoms with E-state index in [0.717, 1.165) is 0 Å². The van der Waals surface area contributed by atoms with Gasteiger partial charge >= 0.3 is 0 Å². The van der Waals surface area contributed by atoms with Crippen molar-refractivity contribution in [3.63, 3.8) is 0 Å². The van der Waals surface area contributed by atoms with Crippen LogP contribution in [-0.2, 0) is 0 Å². The molecule has 74 valence electrons. The van der Waals surface area contributed by atoms with Crippen LogP contribution in [0.15, 0.2) is 0 Å². The number of halogens is 2. The van der Waals surface area contributed by atoms with Crippen molar-refractivity contribution < 1.29 is 13.9 Å². The summed E-state index contributed by atoms with van der Waals surface area (Å²) >= 11 is 0. The highest BCUT2D eigenvalue weighted by Gasteiger charge is 2.64. The van der Waals surface area contributed by atoms with Gasteiger partial charge in [-0.3, -0.25) is 0 Å². The first-order chi connectivity index (χ1) is 5.91. The molecule has 0 aromatic heterocycles. The summed E-state index contributed by atoms with van der Waals surface area (Å²) in [6.45, 7) is 0. The molecule has 13 heavy (non-hydrogen) atoms. The van der Waals surface area contributed by atoms with Crippen LogP contribution in [0.3, 0.4) is 0 Å². The molecule has 3 heteroatoms. The van der Waals surface area contributed by atoms with Crippen LogP contribution in [0.1, 0.15) is 38.5 Å². The number of hydrogen-bond acceptors (Lipinski definition) is 1. The zero-order chi connectivity index (χ0) is 9.32. The molecule has 2 atom stereocenters. The minimum Gasteiger partial charge on any atom is -0.390 e. The Morgan fingerprint density at radius 1 is 0.923 bits per heavy atom. The van der Waals surface area contributed by atoms with Gasteiger partial charge in [-0.05, 0) is 25.2 Å². The van der Waals surface area contributed by atoms with Crippen LogP contribution in [0, 0.1) is 5.92 Å². The van der Waals surface area contributed by atoms with Crippen molar-refractivity contribution in [1.82, 2.24) is 0 Å². The fourth-order valence-electron chi connectivity index (χ4n) is 4.16. The summed E-state index contributed by atoms with van der Waals surface area (Å²) in [6, 6.07) is 0. The monoisotopic (exact) mass is 188 g/mol. The molecule has 1 N–H and O–H groups in total. The summed E-state index contributed by atoms with van der Waals surface area (Å²) in [5, 5.41) is 9.95. The molecule has 4 aliphatic carbocycles. The number of aliphatic hydroxyl groups is 1. The second kappa shape index (κ2) is 1.92. The van der Waals surface area contributed by atoms with E-state index in [1.165, 1.54) is 0 Å². The van der Waals surface area contributed by atoms with Gasteiger partial charge in [0, 0.05) is 19.3 Å². The van der Waals surface area contributed by atoms with Crippen molar-refractivity contribution in [2.24, 2.45) is 5.92 Å². The molecule has 0 aromatic carbocycles. The SMILES string of the molecule is OC12CC3CC(F)(C1)CC(F)(C3)C2. The van der Waals surface area contributed by atoms with Crippen LogP contribution in [-0.4, -0.2) is 22.0 Å². The van der Waals surface area contributed by atoms with Crippen molar-refractivity contribution in [1.29, 1.82) is 0 Å².